The molecule has 0 saturated heterocycles. The molecule has 2 N–H and O–H groups in total. The highest BCUT2D eigenvalue weighted by atomic mass is 32.2. The lowest BCUT2D eigenvalue weighted by Crippen LogP contribution is -2.37. The molecule has 1 heterocycles. The zero-order chi connectivity index (χ0) is 15.6. The third-order valence-corrected chi connectivity index (χ3v) is 4.90. The summed E-state index contributed by atoms with van der Waals surface area (Å²) in [6, 6.07) is 6.45. The fourth-order valence-corrected chi connectivity index (χ4v) is 3.38. The summed E-state index contributed by atoms with van der Waals surface area (Å²) in [6.07, 6.45) is 2.86. The van der Waals surface area contributed by atoms with E-state index in [9.17, 15) is 4.39 Å². The maximum Gasteiger partial charge on any atom is 0.191 e. The smallest absolute Gasteiger partial charge is 0.191 e. The Hall–Kier alpha value is -1.60. The third kappa shape index (κ3) is 6.03. The highest BCUT2D eigenvalue weighted by molar-refractivity contribution is 8.00. The second-order valence-corrected chi connectivity index (χ2v) is 6.72. The highest BCUT2D eigenvalue weighted by Crippen LogP contribution is 2.20. The molecule has 7 heteroatoms. The van der Waals surface area contributed by atoms with Crippen molar-refractivity contribution < 1.29 is 4.39 Å². The molecule has 118 valence electrons. The van der Waals surface area contributed by atoms with Gasteiger partial charge in [0.2, 0.25) is 0 Å². The van der Waals surface area contributed by atoms with E-state index in [0.717, 1.165) is 34.6 Å². The van der Waals surface area contributed by atoms with Crippen LogP contribution in [0.25, 0.3) is 0 Å². The average Bonchev–Trinajstić information content (AvgIpc) is 3.05. The number of halogens is 1. The van der Waals surface area contributed by atoms with Crippen molar-refractivity contribution in [2.24, 2.45) is 4.99 Å². The number of aliphatic imine (C=N–C) groups is 1. The molecular formula is C15H19FN4S2. The van der Waals surface area contributed by atoms with Crippen molar-refractivity contribution in [2.75, 3.05) is 19.3 Å². The molecule has 0 unspecified atom stereocenters. The maximum atomic E-state index is 12.8. The summed E-state index contributed by atoms with van der Waals surface area (Å²) in [4.78, 5) is 8.40. The standard InChI is InChI=1S/C15H19FN4S2/c1-17-14(20-11-12-3-5-13(16)6-4-12)18-7-2-9-21-15-19-8-10-22-15/h3-6,8,10H,2,7,9,11H2,1H3,(H2,17,18,20). The van der Waals surface area contributed by atoms with Crippen molar-refractivity contribution in [3.05, 3.63) is 47.2 Å². The van der Waals surface area contributed by atoms with E-state index in [0.29, 0.717) is 6.54 Å². The van der Waals surface area contributed by atoms with Crippen molar-refractivity contribution in [1.82, 2.24) is 15.6 Å². The van der Waals surface area contributed by atoms with Crippen molar-refractivity contribution in [3.8, 4) is 0 Å². The Bertz CT molecular complexity index is 570. The Morgan fingerprint density at radius 2 is 2.14 bits per heavy atom. The van der Waals surface area contributed by atoms with Crippen molar-refractivity contribution in [1.29, 1.82) is 0 Å². The van der Waals surface area contributed by atoms with E-state index in [2.05, 4.69) is 20.6 Å². The first-order chi connectivity index (χ1) is 10.8. The van der Waals surface area contributed by atoms with Gasteiger partial charge in [0.1, 0.15) is 10.2 Å². The first-order valence-corrected chi connectivity index (χ1v) is 8.85. The van der Waals surface area contributed by atoms with Crippen LogP contribution in [-0.2, 0) is 6.54 Å². The van der Waals surface area contributed by atoms with Crippen LogP contribution in [0.3, 0.4) is 0 Å². The summed E-state index contributed by atoms with van der Waals surface area (Å²) < 4.78 is 13.9. The topological polar surface area (TPSA) is 49.3 Å². The lowest BCUT2D eigenvalue weighted by molar-refractivity contribution is 0.626. The zero-order valence-electron chi connectivity index (χ0n) is 12.4. The summed E-state index contributed by atoms with van der Waals surface area (Å²) in [5.41, 5.74) is 1.02. The van der Waals surface area contributed by atoms with Crippen LogP contribution in [0.15, 0.2) is 45.2 Å². The number of nitrogens with one attached hydrogen (secondary N) is 2. The minimum absolute atomic E-state index is 0.219. The van der Waals surface area contributed by atoms with Crippen LogP contribution < -0.4 is 10.6 Å². The molecule has 1 aromatic heterocycles. The third-order valence-electron chi connectivity index (χ3n) is 2.85. The van der Waals surface area contributed by atoms with E-state index in [1.54, 1.807) is 42.3 Å². The molecule has 0 saturated carbocycles. The van der Waals surface area contributed by atoms with Gasteiger partial charge in [-0.1, -0.05) is 23.9 Å². The number of guanidine groups is 1. The van der Waals surface area contributed by atoms with Crippen LogP contribution in [0.2, 0.25) is 0 Å². The zero-order valence-corrected chi connectivity index (χ0v) is 14.0. The van der Waals surface area contributed by atoms with Crippen molar-refractivity contribution in [2.45, 2.75) is 17.3 Å². The Labute approximate surface area is 138 Å². The minimum atomic E-state index is -0.219. The average molecular weight is 338 g/mol. The van der Waals surface area contributed by atoms with E-state index in [1.807, 2.05) is 11.6 Å². The Morgan fingerprint density at radius 3 is 2.82 bits per heavy atom. The number of aromatic nitrogens is 1. The Morgan fingerprint density at radius 1 is 1.32 bits per heavy atom. The van der Waals surface area contributed by atoms with Gasteiger partial charge in [-0.05, 0) is 24.1 Å². The second kappa shape index (κ2) is 9.42. The van der Waals surface area contributed by atoms with E-state index >= 15 is 0 Å². The van der Waals surface area contributed by atoms with Gasteiger partial charge in [-0.2, -0.15) is 0 Å². The molecule has 0 aliphatic rings. The molecule has 0 aliphatic carbocycles. The summed E-state index contributed by atoms with van der Waals surface area (Å²) in [5.74, 6) is 1.56. The van der Waals surface area contributed by atoms with Gasteiger partial charge in [-0.3, -0.25) is 4.99 Å². The first kappa shape index (κ1) is 16.8. The van der Waals surface area contributed by atoms with Gasteiger partial charge < -0.3 is 10.6 Å². The molecule has 0 atom stereocenters. The van der Waals surface area contributed by atoms with Crippen LogP contribution in [0.4, 0.5) is 4.39 Å². The van der Waals surface area contributed by atoms with E-state index in [1.165, 1.54) is 12.1 Å². The lowest BCUT2D eigenvalue weighted by atomic mass is 10.2. The van der Waals surface area contributed by atoms with Gasteiger partial charge in [0.25, 0.3) is 0 Å². The Kier molecular flexibility index (Phi) is 7.18. The van der Waals surface area contributed by atoms with Crippen LogP contribution in [0, 0.1) is 5.82 Å². The molecule has 4 nitrogen and oxygen atoms in total. The number of rotatable bonds is 7. The molecule has 2 rings (SSSR count). The number of hydrogen-bond acceptors (Lipinski definition) is 4. The summed E-state index contributed by atoms with van der Waals surface area (Å²) >= 11 is 3.44. The van der Waals surface area contributed by atoms with Gasteiger partial charge in [0, 0.05) is 37.5 Å². The van der Waals surface area contributed by atoms with Gasteiger partial charge >= 0.3 is 0 Å². The summed E-state index contributed by atoms with van der Waals surface area (Å²) in [7, 11) is 1.74. The number of thioether (sulfide) groups is 1. The molecule has 1 aromatic carbocycles. The number of benzene rings is 1. The SMILES string of the molecule is CN=C(NCCCSc1nccs1)NCc1ccc(F)cc1. The van der Waals surface area contributed by atoms with Gasteiger partial charge in [-0.25, -0.2) is 9.37 Å². The Balaban J connectivity index is 1.61. The van der Waals surface area contributed by atoms with Crippen molar-refractivity contribution in [3.63, 3.8) is 0 Å². The predicted molar refractivity (Wildman–Crippen MR) is 92.1 cm³/mol. The molecule has 0 fully saturated rings. The molecule has 2 aromatic rings. The number of hydrogen-bond donors (Lipinski definition) is 2. The molecule has 0 spiro atoms. The summed E-state index contributed by atoms with van der Waals surface area (Å²) in [6.45, 7) is 1.47. The molecule has 0 bridgehead atoms. The lowest BCUT2D eigenvalue weighted by Gasteiger charge is -2.11. The summed E-state index contributed by atoms with van der Waals surface area (Å²) in [5, 5.41) is 8.46. The molecule has 0 radical (unpaired) electrons. The highest BCUT2D eigenvalue weighted by Gasteiger charge is 2.00. The number of thiazole rings is 1. The van der Waals surface area contributed by atoms with Gasteiger partial charge in [0.05, 0.1) is 0 Å². The maximum absolute atomic E-state index is 12.8. The molecule has 22 heavy (non-hydrogen) atoms. The first-order valence-electron chi connectivity index (χ1n) is 6.99. The van der Waals surface area contributed by atoms with E-state index < -0.39 is 0 Å². The molecule has 0 amide bonds. The van der Waals surface area contributed by atoms with E-state index in [4.69, 9.17) is 0 Å². The van der Waals surface area contributed by atoms with Crippen LogP contribution in [0.5, 0.6) is 0 Å². The molecule has 0 aliphatic heterocycles. The second-order valence-electron chi connectivity index (χ2n) is 4.48. The number of nitrogens with zero attached hydrogens (tertiary/aromatic N) is 2. The minimum Gasteiger partial charge on any atom is -0.356 e. The fraction of sp³-hybridized carbons (Fsp3) is 0.333. The van der Waals surface area contributed by atoms with Crippen LogP contribution in [0.1, 0.15) is 12.0 Å². The monoisotopic (exact) mass is 338 g/mol. The predicted octanol–water partition coefficient (Wildman–Crippen LogP) is 3.13. The quantitative estimate of drug-likeness (QED) is 0.352. The van der Waals surface area contributed by atoms with Gasteiger partial charge in [0.15, 0.2) is 5.96 Å². The van der Waals surface area contributed by atoms with Crippen LogP contribution >= 0.6 is 23.1 Å². The van der Waals surface area contributed by atoms with Gasteiger partial charge in [-0.15, -0.1) is 11.3 Å². The van der Waals surface area contributed by atoms with Crippen LogP contribution in [-0.4, -0.2) is 30.3 Å². The molecular weight excluding hydrogens is 319 g/mol. The van der Waals surface area contributed by atoms with Crippen molar-refractivity contribution >= 4 is 29.1 Å². The fourth-order valence-electron chi connectivity index (χ4n) is 1.73. The van der Waals surface area contributed by atoms with E-state index in [-0.39, 0.29) is 5.82 Å². The normalized spacial score (nSPS) is 11.5. The largest absolute Gasteiger partial charge is 0.356 e.